The molecule has 0 spiro atoms. The summed E-state index contributed by atoms with van der Waals surface area (Å²) in [5.74, 6) is -1.72. The van der Waals surface area contributed by atoms with Crippen LogP contribution in [0.1, 0.15) is 74.9 Å². The predicted molar refractivity (Wildman–Crippen MR) is 119 cm³/mol. The van der Waals surface area contributed by atoms with Gasteiger partial charge in [0.15, 0.2) is 0 Å². The second-order valence-corrected chi connectivity index (χ2v) is 8.52. The van der Waals surface area contributed by atoms with Crippen molar-refractivity contribution >= 4 is 12.0 Å². The van der Waals surface area contributed by atoms with E-state index in [1.165, 1.54) is 18.2 Å². The molecule has 0 saturated carbocycles. The molecule has 0 bridgehead atoms. The van der Waals surface area contributed by atoms with Gasteiger partial charge in [-0.15, -0.1) is 0 Å². The Balaban J connectivity index is 0.00000544. The second-order valence-electron chi connectivity index (χ2n) is 8.52. The number of nitrogens with zero attached hydrogens (tertiary/aromatic N) is 1. The van der Waals surface area contributed by atoms with Gasteiger partial charge >= 0.3 is 29.6 Å². The monoisotopic (exact) mass is 467 g/mol. The Morgan fingerprint density at radius 2 is 1.67 bits per heavy atom. The minimum Gasteiger partial charge on any atom is -0.550 e. The third-order valence-electron chi connectivity index (χ3n) is 5.18. The van der Waals surface area contributed by atoms with Gasteiger partial charge in [-0.05, 0) is 35.1 Å². The summed E-state index contributed by atoms with van der Waals surface area (Å²) in [6, 6.07) is 5.96. The van der Waals surface area contributed by atoms with E-state index in [2.05, 4.69) is 0 Å². The maximum absolute atomic E-state index is 13.6. The molecular weight excluding hydrogens is 436 g/mol. The number of carboxylic acid groups (broad SMARTS) is 1. The third kappa shape index (κ3) is 7.98. The first-order valence-electron chi connectivity index (χ1n) is 10.7. The van der Waals surface area contributed by atoms with Gasteiger partial charge in [0.1, 0.15) is 5.82 Å². The Kier molecular flexibility index (Phi) is 11.9. The van der Waals surface area contributed by atoms with E-state index in [1.807, 2.05) is 27.7 Å². The molecule has 0 radical (unpaired) electrons. The van der Waals surface area contributed by atoms with Crippen molar-refractivity contribution in [1.82, 2.24) is 4.98 Å². The van der Waals surface area contributed by atoms with Crippen LogP contribution >= 0.6 is 0 Å². The van der Waals surface area contributed by atoms with Crippen LogP contribution in [0.15, 0.2) is 30.3 Å². The fourth-order valence-electron chi connectivity index (χ4n) is 3.71. The Hall–Kier alpha value is -1.61. The zero-order valence-corrected chi connectivity index (χ0v) is 21.9. The second kappa shape index (κ2) is 13.3. The number of halogens is 1. The number of benzene rings is 1. The average Bonchev–Trinajstić information content (AvgIpc) is 2.70. The number of hydrogen-bond acceptors (Lipinski definition) is 6. The molecule has 2 aromatic rings. The van der Waals surface area contributed by atoms with Gasteiger partial charge in [-0.25, -0.2) is 4.39 Å². The number of aliphatic hydroxyl groups is 3. The van der Waals surface area contributed by atoms with Crippen LogP contribution in [-0.2, 0) is 11.4 Å². The SMILES string of the molecule is CC(C)c1nc(C(C)C)c(CO)c(-c2ccc(F)cc2)c1C=C[C@@H](O)C[C@@H](O)CC(=O)[O-].[Na+]. The molecule has 2 atom stereocenters. The minimum absolute atomic E-state index is 0. The van der Waals surface area contributed by atoms with Gasteiger partial charge in [-0.2, -0.15) is 0 Å². The van der Waals surface area contributed by atoms with Crippen LogP contribution in [0.3, 0.4) is 0 Å². The topological polar surface area (TPSA) is 114 Å². The smallest absolute Gasteiger partial charge is 0.550 e. The molecule has 0 amide bonds. The summed E-state index contributed by atoms with van der Waals surface area (Å²) in [6.45, 7) is 7.67. The fraction of sp³-hybridized carbons (Fsp3) is 0.440. The average molecular weight is 468 g/mol. The predicted octanol–water partition coefficient (Wildman–Crippen LogP) is -0.104. The number of carboxylic acids is 1. The van der Waals surface area contributed by atoms with Crippen LogP contribution in [0.4, 0.5) is 4.39 Å². The van der Waals surface area contributed by atoms with Crippen molar-refractivity contribution in [1.29, 1.82) is 0 Å². The van der Waals surface area contributed by atoms with Crippen LogP contribution in [0, 0.1) is 5.82 Å². The summed E-state index contributed by atoms with van der Waals surface area (Å²) < 4.78 is 13.6. The molecule has 0 aliphatic heterocycles. The molecule has 6 nitrogen and oxygen atoms in total. The molecule has 3 N–H and O–H groups in total. The molecule has 1 heterocycles. The summed E-state index contributed by atoms with van der Waals surface area (Å²) in [6.07, 6.45) is 0.0497. The molecule has 33 heavy (non-hydrogen) atoms. The first-order chi connectivity index (χ1) is 15.0. The van der Waals surface area contributed by atoms with E-state index in [0.29, 0.717) is 22.3 Å². The van der Waals surface area contributed by atoms with Crippen LogP contribution < -0.4 is 34.7 Å². The zero-order valence-electron chi connectivity index (χ0n) is 19.9. The number of carbonyl (C=O) groups excluding carboxylic acids is 1. The number of rotatable bonds is 10. The Morgan fingerprint density at radius 1 is 1.09 bits per heavy atom. The first kappa shape index (κ1) is 29.4. The number of hydrogen-bond donors (Lipinski definition) is 3. The molecule has 174 valence electrons. The number of pyridine rings is 1. The summed E-state index contributed by atoms with van der Waals surface area (Å²) in [4.78, 5) is 15.5. The maximum atomic E-state index is 13.6. The summed E-state index contributed by atoms with van der Waals surface area (Å²) >= 11 is 0. The van der Waals surface area contributed by atoms with Gasteiger partial charge in [-0.1, -0.05) is 52.0 Å². The van der Waals surface area contributed by atoms with E-state index in [9.17, 15) is 29.6 Å². The number of carbonyl (C=O) groups is 1. The summed E-state index contributed by atoms with van der Waals surface area (Å²) in [7, 11) is 0. The normalized spacial score (nSPS) is 13.4. The Morgan fingerprint density at radius 3 is 2.15 bits per heavy atom. The van der Waals surface area contributed by atoms with E-state index in [4.69, 9.17) is 4.98 Å². The van der Waals surface area contributed by atoms with Crippen molar-refractivity contribution in [3.8, 4) is 11.1 Å². The van der Waals surface area contributed by atoms with Gasteiger partial charge in [0.2, 0.25) is 0 Å². The van der Waals surface area contributed by atoms with E-state index < -0.39 is 24.6 Å². The van der Waals surface area contributed by atoms with Gasteiger partial charge < -0.3 is 25.2 Å². The molecule has 0 fully saturated rings. The quantitative estimate of drug-likeness (QED) is 0.421. The van der Waals surface area contributed by atoms with Crippen molar-refractivity contribution in [2.24, 2.45) is 0 Å². The minimum atomic E-state index is -1.39. The number of aromatic nitrogens is 1. The molecule has 0 saturated heterocycles. The largest absolute Gasteiger partial charge is 1.00 e. The molecule has 0 unspecified atom stereocenters. The van der Waals surface area contributed by atoms with Gasteiger partial charge in [-0.3, -0.25) is 4.98 Å². The maximum Gasteiger partial charge on any atom is 1.00 e. The van der Waals surface area contributed by atoms with Crippen molar-refractivity contribution < 1.29 is 59.2 Å². The van der Waals surface area contributed by atoms with Crippen molar-refractivity contribution in [3.05, 3.63) is 58.7 Å². The van der Waals surface area contributed by atoms with Crippen molar-refractivity contribution in [3.63, 3.8) is 0 Å². The van der Waals surface area contributed by atoms with Gasteiger partial charge in [0, 0.05) is 35.6 Å². The number of aliphatic hydroxyl groups excluding tert-OH is 3. The molecule has 0 aliphatic rings. The Bertz CT molecular complexity index is 960. The first-order valence-corrected chi connectivity index (χ1v) is 10.7. The molecular formula is C25H31FNNaO5. The van der Waals surface area contributed by atoms with E-state index in [1.54, 1.807) is 18.2 Å². The summed E-state index contributed by atoms with van der Waals surface area (Å²) in [5, 5.41) is 40.9. The molecule has 1 aromatic heterocycles. The fourth-order valence-corrected chi connectivity index (χ4v) is 3.71. The van der Waals surface area contributed by atoms with E-state index >= 15 is 0 Å². The molecule has 0 aliphatic carbocycles. The molecule has 1 aromatic carbocycles. The van der Waals surface area contributed by atoms with Crippen LogP contribution in [0.2, 0.25) is 0 Å². The van der Waals surface area contributed by atoms with Crippen molar-refractivity contribution in [2.45, 2.75) is 71.2 Å². The van der Waals surface area contributed by atoms with Crippen LogP contribution in [0.5, 0.6) is 0 Å². The van der Waals surface area contributed by atoms with Crippen LogP contribution in [0.25, 0.3) is 17.2 Å². The molecule has 8 heteroatoms. The van der Waals surface area contributed by atoms with Gasteiger partial charge in [0.25, 0.3) is 0 Å². The van der Waals surface area contributed by atoms with Crippen molar-refractivity contribution in [2.75, 3.05) is 0 Å². The third-order valence-corrected chi connectivity index (χ3v) is 5.18. The standard InChI is InChI=1S/C25H32FNO5.Na/c1-14(2)24-20(10-9-18(29)11-19(30)12-22(31)32)23(16-5-7-17(26)8-6-16)21(13-28)25(27-24)15(3)4;/h5-10,14-15,18-19,28-30H,11-13H2,1-4H3,(H,31,32);/q;+1/p-1/t18-,19-;/m1./s1. The summed E-state index contributed by atoms with van der Waals surface area (Å²) in [5.41, 5.74) is 4.21. The number of aliphatic carboxylic acids is 1. The Labute approximate surface area is 216 Å². The molecule has 2 rings (SSSR count). The zero-order chi connectivity index (χ0) is 24.0. The van der Waals surface area contributed by atoms with Crippen LogP contribution in [-0.4, -0.2) is 38.5 Å². The van der Waals surface area contributed by atoms with E-state index in [-0.39, 0.29) is 60.2 Å². The van der Waals surface area contributed by atoms with E-state index in [0.717, 1.165) is 11.4 Å². The van der Waals surface area contributed by atoms with Gasteiger partial charge in [0.05, 0.1) is 24.5 Å².